The third-order valence-corrected chi connectivity index (χ3v) is 6.91. The number of nitrogens with zero attached hydrogens (tertiary/aromatic N) is 6. The number of benzene rings is 1. The quantitative estimate of drug-likeness (QED) is 0.385. The molecule has 2 fully saturated rings. The number of fused-ring (bicyclic) bond motifs is 1. The van der Waals surface area contributed by atoms with E-state index in [1.54, 1.807) is 12.3 Å². The third-order valence-electron chi connectivity index (χ3n) is 6.61. The molecule has 2 saturated heterocycles. The molecule has 1 amide bonds. The first-order chi connectivity index (χ1) is 17.5. The highest BCUT2D eigenvalue weighted by atomic mass is 35.5. The van der Waals surface area contributed by atoms with Crippen LogP contribution in [0, 0.1) is 0 Å². The van der Waals surface area contributed by atoms with E-state index in [2.05, 4.69) is 31.7 Å². The maximum Gasteiger partial charge on any atom is 0.246 e. The highest BCUT2D eigenvalue weighted by Crippen LogP contribution is 2.41. The second kappa shape index (κ2) is 8.76. The molecular formula is C26H22ClN7O2. The van der Waals surface area contributed by atoms with Crippen molar-refractivity contribution in [3.8, 4) is 11.5 Å². The molecule has 10 heteroatoms. The van der Waals surface area contributed by atoms with E-state index >= 15 is 0 Å². The van der Waals surface area contributed by atoms with Gasteiger partial charge in [0.2, 0.25) is 5.91 Å². The Kier molecular flexibility index (Phi) is 5.41. The van der Waals surface area contributed by atoms with Gasteiger partial charge in [0.25, 0.3) is 0 Å². The lowest BCUT2D eigenvalue weighted by atomic mass is 9.77. The van der Waals surface area contributed by atoms with Gasteiger partial charge in [-0.15, -0.1) is 0 Å². The lowest BCUT2D eigenvalue weighted by Gasteiger charge is -2.62. The highest BCUT2D eigenvalue weighted by Gasteiger charge is 2.55. The van der Waals surface area contributed by atoms with Gasteiger partial charge in [-0.2, -0.15) is 0 Å². The molecule has 3 aromatic heterocycles. The van der Waals surface area contributed by atoms with Gasteiger partial charge in [0, 0.05) is 25.7 Å². The predicted octanol–water partition coefficient (Wildman–Crippen LogP) is 4.59. The van der Waals surface area contributed by atoms with E-state index in [0.29, 0.717) is 39.2 Å². The zero-order chi connectivity index (χ0) is 24.7. The number of aromatic nitrogens is 4. The molecule has 1 N–H and O–H groups in total. The number of rotatable bonds is 6. The van der Waals surface area contributed by atoms with Crippen molar-refractivity contribution >= 4 is 46.0 Å². The van der Waals surface area contributed by atoms with Crippen LogP contribution in [0.15, 0.2) is 73.7 Å². The molecule has 0 saturated carbocycles. The van der Waals surface area contributed by atoms with Crippen molar-refractivity contribution in [2.45, 2.75) is 12.0 Å². The Balaban J connectivity index is 1.21. The average molecular weight is 500 g/mol. The summed E-state index contributed by atoms with van der Waals surface area (Å²) in [5, 5.41) is 3.61. The number of carbonyl (C=O) groups excluding carboxylic acids is 1. The van der Waals surface area contributed by atoms with Crippen LogP contribution in [-0.4, -0.2) is 55.9 Å². The molecule has 180 valence electrons. The topological polar surface area (TPSA) is 96.4 Å². The van der Waals surface area contributed by atoms with Crippen molar-refractivity contribution in [1.82, 2.24) is 24.8 Å². The zero-order valence-corrected chi connectivity index (χ0v) is 20.0. The summed E-state index contributed by atoms with van der Waals surface area (Å²) in [5.74, 6) is 2.94. The summed E-state index contributed by atoms with van der Waals surface area (Å²) in [6.45, 7) is 5.86. The summed E-state index contributed by atoms with van der Waals surface area (Å²) < 4.78 is 5.81. The minimum absolute atomic E-state index is 0.0152. The summed E-state index contributed by atoms with van der Waals surface area (Å²) in [7, 11) is 0. The first-order valence-electron chi connectivity index (χ1n) is 11.5. The Labute approximate surface area is 212 Å². The van der Waals surface area contributed by atoms with Crippen molar-refractivity contribution in [2.75, 3.05) is 29.9 Å². The number of hydrogen-bond acceptors (Lipinski definition) is 8. The van der Waals surface area contributed by atoms with Gasteiger partial charge in [-0.25, -0.2) is 19.9 Å². The van der Waals surface area contributed by atoms with E-state index < -0.39 is 0 Å². The largest absolute Gasteiger partial charge is 0.454 e. The van der Waals surface area contributed by atoms with Crippen LogP contribution < -0.4 is 15.0 Å². The van der Waals surface area contributed by atoms with E-state index in [4.69, 9.17) is 21.3 Å². The number of anilines is 3. The van der Waals surface area contributed by atoms with E-state index in [1.165, 1.54) is 12.4 Å². The number of likely N-dealkylation sites (tertiary alicyclic amines) is 1. The van der Waals surface area contributed by atoms with Crippen molar-refractivity contribution in [3.05, 3.63) is 78.7 Å². The predicted molar refractivity (Wildman–Crippen MR) is 138 cm³/mol. The molecule has 2 aliphatic rings. The van der Waals surface area contributed by atoms with Crippen molar-refractivity contribution in [2.24, 2.45) is 0 Å². The maximum absolute atomic E-state index is 12.1. The molecule has 1 aromatic carbocycles. The molecule has 0 aliphatic carbocycles. The summed E-state index contributed by atoms with van der Waals surface area (Å²) in [5.41, 5.74) is 1.21. The second-order valence-electron chi connectivity index (χ2n) is 8.82. The smallest absolute Gasteiger partial charge is 0.246 e. The Morgan fingerprint density at radius 1 is 1.14 bits per heavy atom. The molecule has 6 rings (SSSR count). The summed E-state index contributed by atoms with van der Waals surface area (Å²) in [6, 6.07) is 14.9. The fourth-order valence-corrected chi connectivity index (χ4v) is 4.84. The lowest BCUT2D eigenvalue weighted by Crippen LogP contribution is -2.78. The summed E-state index contributed by atoms with van der Waals surface area (Å²) in [4.78, 5) is 34.1. The van der Waals surface area contributed by atoms with Crippen LogP contribution in [0.1, 0.15) is 6.42 Å². The van der Waals surface area contributed by atoms with E-state index in [-0.39, 0.29) is 11.4 Å². The minimum atomic E-state index is -0.111. The van der Waals surface area contributed by atoms with Gasteiger partial charge in [-0.1, -0.05) is 36.4 Å². The van der Waals surface area contributed by atoms with Gasteiger partial charge in [0.15, 0.2) is 11.6 Å². The van der Waals surface area contributed by atoms with E-state index in [9.17, 15) is 4.79 Å². The second-order valence-corrected chi connectivity index (χ2v) is 9.23. The SMILES string of the molecule is C=CC(=O)N1CCC12CN(c1ccc3ncnc(Nc4cc(Cl)c(Oc5ccccc5)cn4)c3n1)C2. The number of nitrogens with one attached hydrogen (secondary N) is 1. The van der Waals surface area contributed by atoms with Crippen LogP contribution in [0.2, 0.25) is 5.02 Å². The lowest BCUT2D eigenvalue weighted by molar-refractivity contribution is -0.144. The van der Waals surface area contributed by atoms with Crippen LogP contribution in [0.25, 0.3) is 11.0 Å². The van der Waals surface area contributed by atoms with Crippen LogP contribution in [-0.2, 0) is 4.79 Å². The maximum atomic E-state index is 12.1. The van der Waals surface area contributed by atoms with Gasteiger partial charge < -0.3 is 19.9 Å². The Bertz CT molecular complexity index is 1470. The molecule has 36 heavy (non-hydrogen) atoms. The van der Waals surface area contributed by atoms with Crippen molar-refractivity contribution in [1.29, 1.82) is 0 Å². The van der Waals surface area contributed by atoms with Crippen molar-refractivity contribution in [3.63, 3.8) is 0 Å². The van der Waals surface area contributed by atoms with Crippen molar-refractivity contribution < 1.29 is 9.53 Å². The third kappa shape index (κ3) is 3.87. The van der Waals surface area contributed by atoms with Crippen LogP contribution in [0.3, 0.4) is 0 Å². The van der Waals surface area contributed by atoms with Gasteiger partial charge in [0.1, 0.15) is 29.2 Å². The molecule has 4 aromatic rings. The minimum Gasteiger partial charge on any atom is -0.454 e. The van der Waals surface area contributed by atoms with Gasteiger partial charge in [0.05, 0.1) is 22.3 Å². The number of pyridine rings is 2. The Morgan fingerprint density at radius 2 is 1.97 bits per heavy atom. The normalized spacial score (nSPS) is 15.8. The zero-order valence-electron chi connectivity index (χ0n) is 19.3. The number of amides is 1. The summed E-state index contributed by atoms with van der Waals surface area (Å²) >= 11 is 6.45. The monoisotopic (exact) mass is 499 g/mol. The molecule has 9 nitrogen and oxygen atoms in total. The Hall–Kier alpha value is -4.24. The van der Waals surface area contributed by atoms with Gasteiger partial charge in [-0.3, -0.25) is 4.79 Å². The molecule has 0 atom stereocenters. The van der Waals surface area contributed by atoms with Gasteiger partial charge in [-0.05, 0) is 36.8 Å². The van der Waals surface area contributed by atoms with Gasteiger partial charge >= 0.3 is 0 Å². The fraction of sp³-hybridized carbons (Fsp3) is 0.192. The number of halogens is 1. The highest BCUT2D eigenvalue weighted by molar-refractivity contribution is 6.32. The molecule has 5 heterocycles. The van der Waals surface area contributed by atoms with E-state index in [1.807, 2.05) is 47.4 Å². The standard InChI is InChI=1S/C26H22ClN7O2/c1-2-23(35)34-11-10-26(34)14-33(15-26)22-9-8-19-24(32-22)25(30-16-29-19)31-21-12-18(27)20(13-28-21)36-17-6-4-3-5-7-17/h2-9,12-13,16H,1,10-11,14-15H2,(H,28,29,30,31). The van der Waals surface area contributed by atoms with E-state index in [0.717, 1.165) is 31.9 Å². The number of hydrogen-bond donors (Lipinski definition) is 1. The molecule has 0 bridgehead atoms. The van der Waals surface area contributed by atoms with Crippen LogP contribution in [0.4, 0.5) is 17.5 Å². The van der Waals surface area contributed by atoms with Crippen LogP contribution in [0.5, 0.6) is 11.5 Å². The molecule has 0 radical (unpaired) electrons. The molecular weight excluding hydrogens is 478 g/mol. The number of ether oxygens (including phenoxy) is 1. The molecule has 0 unspecified atom stereocenters. The molecule has 1 spiro atoms. The summed E-state index contributed by atoms with van der Waals surface area (Å²) in [6.07, 6.45) is 5.41. The number of para-hydroxylation sites is 1. The first kappa shape index (κ1) is 22.2. The average Bonchev–Trinajstić information content (AvgIpc) is 2.85. The Morgan fingerprint density at radius 3 is 2.69 bits per heavy atom. The molecule has 2 aliphatic heterocycles. The fourth-order valence-electron chi connectivity index (χ4n) is 4.65. The first-order valence-corrected chi connectivity index (χ1v) is 11.9. The number of carbonyl (C=O) groups is 1. The van der Waals surface area contributed by atoms with Crippen LogP contribution >= 0.6 is 11.6 Å².